The van der Waals surface area contributed by atoms with Crippen molar-refractivity contribution in [3.05, 3.63) is 39.8 Å². The molecular formula is C15H18N4S. The summed E-state index contributed by atoms with van der Waals surface area (Å²) in [5, 5.41) is 4.59. The van der Waals surface area contributed by atoms with Gasteiger partial charge in [-0.05, 0) is 57.2 Å². The maximum absolute atomic E-state index is 5.89. The average Bonchev–Trinajstić information content (AvgIpc) is 2.97. The van der Waals surface area contributed by atoms with E-state index in [4.69, 9.17) is 22.9 Å². The van der Waals surface area contributed by atoms with E-state index in [-0.39, 0.29) is 0 Å². The van der Waals surface area contributed by atoms with Crippen LogP contribution in [-0.2, 0) is 12.8 Å². The van der Waals surface area contributed by atoms with Gasteiger partial charge in [-0.15, -0.1) is 0 Å². The van der Waals surface area contributed by atoms with Gasteiger partial charge in [-0.3, -0.25) is 0 Å². The van der Waals surface area contributed by atoms with Gasteiger partial charge in [-0.2, -0.15) is 5.10 Å². The molecular weight excluding hydrogens is 268 g/mol. The quantitative estimate of drug-likeness (QED) is 0.861. The molecule has 0 bridgehead atoms. The number of aryl methyl sites for hydroxylation is 3. The van der Waals surface area contributed by atoms with E-state index in [9.17, 15) is 0 Å². The number of hydrogen-bond donors (Lipinski definition) is 1. The number of hydrogen-bond acceptors (Lipinski definition) is 3. The van der Waals surface area contributed by atoms with Crippen LogP contribution in [0.1, 0.15) is 40.2 Å². The number of fused-ring (bicyclic) bond motifs is 1. The summed E-state index contributed by atoms with van der Waals surface area (Å²) in [7, 11) is 0. The van der Waals surface area contributed by atoms with E-state index in [1.165, 1.54) is 11.1 Å². The second-order valence-corrected chi connectivity index (χ2v) is 5.83. The summed E-state index contributed by atoms with van der Waals surface area (Å²) >= 11 is 5.20. The molecule has 0 amide bonds. The zero-order valence-electron chi connectivity index (χ0n) is 12.0. The highest BCUT2D eigenvalue weighted by molar-refractivity contribution is 7.80. The van der Waals surface area contributed by atoms with Crippen molar-refractivity contribution in [3.63, 3.8) is 0 Å². The van der Waals surface area contributed by atoms with Gasteiger partial charge in [0, 0.05) is 11.4 Å². The molecule has 3 rings (SSSR count). The predicted molar refractivity (Wildman–Crippen MR) is 83.5 cm³/mol. The van der Waals surface area contributed by atoms with Crippen LogP contribution in [0.25, 0.3) is 5.82 Å². The first-order chi connectivity index (χ1) is 9.49. The highest BCUT2D eigenvalue weighted by Crippen LogP contribution is 2.26. The number of nitrogens with two attached hydrogens (primary N) is 1. The molecule has 0 unspecified atom stereocenters. The average molecular weight is 286 g/mol. The molecule has 0 aromatic carbocycles. The number of thiocarbonyl (C=S) groups is 1. The van der Waals surface area contributed by atoms with Crippen LogP contribution < -0.4 is 5.73 Å². The molecule has 0 atom stereocenters. The summed E-state index contributed by atoms with van der Waals surface area (Å²) in [6, 6.07) is 2.10. The molecule has 0 saturated carbocycles. The monoisotopic (exact) mass is 286 g/mol. The Hall–Kier alpha value is -1.75. The van der Waals surface area contributed by atoms with E-state index in [0.717, 1.165) is 47.7 Å². The molecule has 0 saturated heterocycles. The zero-order chi connectivity index (χ0) is 14.4. The standard InChI is InChI=1S/C15H18N4S/c1-8-9(2)18-19(10(8)3)15-12(14(16)20)7-11-5-4-6-13(11)17-15/h7H,4-6H2,1-3H3,(H2,16,20). The van der Waals surface area contributed by atoms with Crippen LogP contribution >= 0.6 is 12.2 Å². The first-order valence-corrected chi connectivity index (χ1v) is 7.25. The van der Waals surface area contributed by atoms with Crippen molar-refractivity contribution in [2.24, 2.45) is 5.73 Å². The van der Waals surface area contributed by atoms with Crippen LogP contribution in [0.3, 0.4) is 0 Å². The Labute approximate surface area is 124 Å². The summed E-state index contributed by atoms with van der Waals surface area (Å²) < 4.78 is 1.87. The van der Waals surface area contributed by atoms with Crippen molar-refractivity contribution in [3.8, 4) is 5.82 Å². The first-order valence-electron chi connectivity index (χ1n) is 6.85. The first kappa shape index (κ1) is 13.2. The number of pyridine rings is 1. The Morgan fingerprint density at radius 3 is 2.65 bits per heavy atom. The molecule has 4 nitrogen and oxygen atoms in total. The molecule has 0 fully saturated rings. The van der Waals surface area contributed by atoms with Crippen molar-refractivity contribution in [2.75, 3.05) is 0 Å². The van der Waals surface area contributed by atoms with Gasteiger partial charge >= 0.3 is 0 Å². The van der Waals surface area contributed by atoms with E-state index in [1.807, 2.05) is 18.5 Å². The van der Waals surface area contributed by atoms with Crippen LogP contribution in [-0.4, -0.2) is 19.8 Å². The summed E-state index contributed by atoms with van der Waals surface area (Å²) in [4.78, 5) is 5.17. The molecule has 20 heavy (non-hydrogen) atoms. The van der Waals surface area contributed by atoms with Crippen LogP contribution in [0.2, 0.25) is 0 Å². The highest BCUT2D eigenvalue weighted by atomic mass is 32.1. The third-order valence-electron chi connectivity index (χ3n) is 4.15. The van der Waals surface area contributed by atoms with Crippen LogP contribution in [0.5, 0.6) is 0 Å². The smallest absolute Gasteiger partial charge is 0.164 e. The summed E-state index contributed by atoms with van der Waals surface area (Å²) in [6.45, 7) is 6.13. The topological polar surface area (TPSA) is 56.7 Å². The Morgan fingerprint density at radius 2 is 2.05 bits per heavy atom. The summed E-state index contributed by atoms with van der Waals surface area (Å²) in [6.07, 6.45) is 3.24. The van der Waals surface area contributed by atoms with Gasteiger partial charge in [0.1, 0.15) is 4.99 Å². The van der Waals surface area contributed by atoms with Gasteiger partial charge in [0.05, 0.1) is 11.3 Å². The molecule has 1 aliphatic carbocycles. The molecule has 2 aromatic rings. The number of rotatable bonds is 2. The number of aromatic nitrogens is 3. The lowest BCUT2D eigenvalue weighted by molar-refractivity contribution is 0.794. The Kier molecular flexibility index (Phi) is 3.09. The minimum Gasteiger partial charge on any atom is -0.389 e. The molecule has 0 radical (unpaired) electrons. The zero-order valence-corrected chi connectivity index (χ0v) is 12.8. The van der Waals surface area contributed by atoms with Crippen molar-refractivity contribution >= 4 is 17.2 Å². The fourth-order valence-electron chi connectivity index (χ4n) is 2.73. The second kappa shape index (κ2) is 4.66. The van der Waals surface area contributed by atoms with Crippen LogP contribution in [0.4, 0.5) is 0 Å². The maximum atomic E-state index is 5.89. The van der Waals surface area contributed by atoms with E-state index < -0.39 is 0 Å². The summed E-state index contributed by atoms with van der Waals surface area (Å²) in [5.41, 5.74) is 12.4. The van der Waals surface area contributed by atoms with E-state index in [2.05, 4.69) is 18.1 Å². The van der Waals surface area contributed by atoms with Crippen molar-refractivity contribution < 1.29 is 0 Å². The van der Waals surface area contributed by atoms with E-state index in [1.54, 1.807) is 0 Å². The van der Waals surface area contributed by atoms with Crippen molar-refractivity contribution in [1.82, 2.24) is 14.8 Å². The third-order valence-corrected chi connectivity index (χ3v) is 4.37. The highest BCUT2D eigenvalue weighted by Gasteiger charge is 2.20. The Bertz CT molecular complexity index is 715. The van der Waals surface area contributed by atoms with Crippen molar-refractivity contribution in [1.29, 1.82) is 0 Å². The van der Waals surface area contributed by atoms with Gasteiger partial charge < -0.3 is 5.73 Å². The molecule has 1 aliphatic rings. The molecule has 0 spiro atoms. The van der Waals surface area contributed by atoms with Crippen molar-refractivity contribution in [2.45, 2.75) is 40.0 Å². The summed E-state index contributed by atoms with van der Waals surface area (Å²) in [5.74, 6) is 0.770. The minimum atomic E-state index is 0.382. The predicted octanol–water partition coefficient (Wildman–Crippen LogP) is 2.32. The molecule has 104 valence electrons. The molecule has 2 N–H and O–H groups in total. The third kappa shape index (κ3) is 1.93. The second-order valence-electron chi connectivity index (χ2n) is 5.39. The SMILES string of the molecule is Cc1nn(-c2nc3c(cc2C(N)=S)CCC3)c(C)c1C. The lowest BCUT2D eigenvalue weighted by Gasteiger charge is -2.12. The fourth-order valence-corrected chi connectivity index (χ4v) is 2.88. The largest absolute Gasteiger partial charge is 0.389 e. The number of nitrogens with zero attached hydrogens (tertiary/aromatic N) is 3. The lowest BCUT2D eigenvalue weighted by atomic mass is 10.1. The van der Waals surface area contributed by atoms with Crippen LogP contribution in [0.15, 0.2) is 6.07 Å². The van der Waals surface area contributed by atoms with E-state index >= 15 is 0 Å². The molecule has 2 aromatic heterocycles. The van der Waals surface area contributed by atoms with Gasteiger partial charge in [0.2, 0.25) is 0 Å². The minimum absolute atomic E-state index is 0.382. The molecule has 2 heterocycles. The fraction of sp³-hybridized carbons (Fsp3) is 0.400. The maximum Gasteiger partial charge on any atom is 0.164 e. The van der Waals surface area contributed by atoms with Gasteiger partial charge in [-0.25, -0.2) is 9.67 Å². The Morgan fingerprint density at radius 1 is 1.30 bits per heavy atom. The van der Waals surface area contributed by atoms with Gasteiger partial charge in [0.15, 0.2) is 5.82 Å². The molecule has 5 heteroatoms. The normalized spacial score (nSPS) is 13.6. The lowest BCUT2D eigenvalue weighted by Crippen LogP contribution is -2.17. The van der Waals surface area contributed by atoms with Crippen LogP contribution in [0, 0.1) is 20.8 Å². The molecule has 0 aliphatic heterocycles. The van der Waals surface area contributed by atoms with Gasteiger partial charge in [-0.1, -0.05) is 12.2 Å². The van der Waals surface area contributed by atoms with Gasteiger partial charge in [0.25, 0.3) is 0 Å². The van der Waals surface area contributed by atoms with E-state index in [0.29, 0.717) is 4.99 Å². The Balaban J connectivity index is 2.27.